The lowest BCUT2D eigenvalue weighted by Gasteiger charge is -2.32. The average molecular weight is 301 g/mol. The molecule has 114 valence electrons. The van der Waals surface area contributed by atoms with Crippen LogP contribution in [0, 0.1) is 17.3 Å². The van der Waals surface area contributed by atoms with E-state index < -0.39 is 13.9 Å². The highest BCUT2D eigenvalue weighted by atomic mass is 31.1. The second kappa shape index (κ2) is 4.74. The average Bonchev–Trinajstić information content (AvgIpc) is 2.83. The fourth-order valence-corrected chi connectivity index (χ4v) is 5.57. The Hall–Kier alpha value is -0.0200. The van der Waals surface area contributed by atoms with Crippen molar-refractivity contribution in [3.05, 3.63) is 0 Å². The van der Waals surface area contributed by atoms with E-state index in [1.165, 1.54) is 6.42 Å². The van der Waals surface area contributed by atoms with Crippen molar-refractivity contribution < 1.29 is 18.9 Å². The summed E-state index contributed by atoms with van der Waals surface area (Å²) in [6.07, 6.45) is 3.96. The molecule has 0 spiro atoms. The highest BCUT2D eigenvalue weighted by Crippen LogP contribution is 2.55. The predicted molar refractivity (Wildman–Crippen MR) is 76.7 cm³/mol. The molecule has 1 N–H and O–H groups in total. The van der Waals surface area contributed by atoms with Crippen molar-refractivity contribution in [3.63, 3.8) is 0 Å². The number of hydrogen-bond acceptors (Lipinski definition) is 4. The van der Waals surface area contributed by atoms with Gasteiger partial charge in [0.05, 0.1) is 5.60 Å². The lowest BCUT2D eigenvalue weighted by molar-refractivity contribution is -0.0865. The Bertz CT molecular complexity index is 420. The minimum Gasteiger partial charge on any atom is -0.364 e. The first-order chi connectivity index (χ1) is 9.19. The maximum absolute atomic E-state index is 12.1. The fraction of sp³-hybridized carbons (Fsp3) is 1.00. The van der Waals surface area contributed by atoms with Crippen LogP contribution in [0.4, 0.5) is 0 Å². The van der Waals surface area contributed by atoms with Crippen molar-refractivity contribution >= 4 is 8.03 Å². The first-order valence-corrected chi connectivity index (χ1v) is 8.92. The molecule has 0 aromatic rings. The van der Waals surface area contributed by atoms with Gasteiger partial charge in [-0.15, -0.1) is 4.52 Å². The molecule has 1 aliphatic carbocycles. The van der Waals surface area contributed by atoms with Gasteiger partial charge in [-0.1, -0.05) is 13.8 Å². The highest BCUT2D eigenvalue weighted by Gasteiger charge is 2.62. The molecule has 6 atom stereocenters. The van der Waals surface area contributed by atoms with Crippen LogP contribution in [-0.4, -0.2) is 28.8 Å². The molecule has 2 saturated heterocycles. The third-order valence-electron chi connectivity index (χ3n) is 5.23. The van der Waals surface area contributed by atoms with Crippen molar-refractivity contribution in [2.75, 3.05) is 0 Å². The Labute approximate surface area is 122 Å². The molecule has 20 heavy (non-hydrogen) atoms. The smallest absolute Gasteiger partial charge is 0.364 e. The number of hydrogen-bond donors (Lipinski definition) is 1. The number of fused-ring (bicyclic) bond motifs is 1. The summed E-state index contributed by atoms with van der Waals surface area (Å²) < 4.78 is 23.8. The van der Waals surface area contributed by atoms with Crippen molar-refractivity contribution in [1.82, 2.24) is 0 Å². The van der Waals surface area contributed by atoms with E-state index in [9.17, 15) is 9.67 Å². The predicted octanol–water partition coefficient (Wildman–Crippen LogP) is 3.46. The third kappa shape index (κ3) is 2.56. The summed E-state index contributed by atoms with van der Waals surface area (Å²) in [4.78, 5) is 0. The zero-order chi connectivity index (χ0) is 14.7. The second-order valence-electron chi connectivity index (χ2n) is 8.15. The molecule has 6 unspecified atom stereocenters. The molecule has 4 nitrogen and oxygen atoms in total. The number of rotatable bonds is 1. The zero-order valence-corrected chi connectivity index (χ0v) is 13.7. The summed E-state index contributed by atoms with van der Waals surface area (Å²) in [5.41, 5.74) is 0.0900. The molecule has 3 aliphatic rings. The summed E-state index contributed by atoms with van der Waals surface area (Å²) >= 11 is 0. The SMILES string of the molecule is CC1(C)CCC(C2O[P+](=O)C(O)C3OC(C)(C)CC23)C1. The summed E-state index contributed by atoms with van der Waals surface area (Å²) in [6.45, 7) is 8.66. The van der Waals surface area contributed by atoms with Gasteiger partial charge in [-0.25, -0.2) is 0 Å². The number of aliphatic hydroxyl groups is 1. The second-order valence-corrected chi connectivity index (χ2v) is 9.46. The minimum absolute atomic E-state index is 0.0180. The molecular weight excluding hydrogens is 275 g/mol. The Morgan fingerprint density at radius 3 is 2.45 bits per heavy atom. The van der Waals surface area contributed by atoms with Crippen molar-refractivity contribution in [1.29, 1.82) is 0 Å². The zero-order valence-electron chi connectivity index (χ0n) is 12.8. The molecule has 0 radical (unpaired) electrons. The van der Waals surface area contributed by atoms with E-state index in [1.807, 2.05) is 13.8 Å². The van der Waals surface area contributed by atoms with Crippen LogP contribution in [0.25, 0.3) is 0 Å². The summed E-state index contributed by atoms with van der Waals surface area (Å²) in [5.74, 6) is -0.351. The molecule has 1 saturated carbocycles. The molecule has 2 aliphatic heterocycles. The van der Waals surface area contributed by atoms with Crippen LogP contribution in [0.2, 0.25) is 0 Å². The normalized spacial score (nSPS) is 48.2. The van der Waals surface area contributed by atoms with Gasteiger partial charge in [-0.3, -0.25) is 0 Å². The first-order valence-electron chi connectivity index (χ1n) is 7.68. The van der Waals surface area contributed by atoms with Gasteiger partial charge in [0.2, 0.25) is 0 Å². The quantitative estimate of drug-likeness (QED) is 0.754. The van der Waals surface area contributed by atoms with Gasteiger partial charge in [0.25, 0.3) is 0 Å². The van der Waals surface area contributed by atoms with Gasteiger partial charge in [-0.2, -0.15) is 0 Å². The lowest BCUT2D eigenvalue weighted by atomic mass is 9.81. The van der Waals surface area contributed by atoms with E-state index in [1.54, 1.807) is 0 Å². The fourth-order valence-electron chi connectivity index (χ4n) is 4.36. The van der Waals surface area contributed by atoms with Crippen LogP contribution in [-0.2, 0) is 13.8 Å². The molecule has 3 rings (SSSR count). The Kier molecular flexibility index (Phi) is 3.53. The van der Waals surface area contributed by atoms with Crippen molar-refractivity contribution in [2.45, 2.75) is 77.0 Å². The Balaban J connectivity index is 1.82. The van der Waals surface area contributed by atoms with E-state index in [4.69, 9.17) is 9.26 Å². The van der Waals surface area contributed by atoms with Gasteiger partial charge in [0.1, 0.15) is 12.2 Å². The Morgan fingerprint density at radius 2 is 1.85 bits per heavy atom. The molecule has 0 aromatic heterocycles. The Morgan fingerprint density at radius 1 is 1.15 bits per heavy atom. The summed E-state index contributed by atoms with van der Waals surface area (Å²) in [5, 5.41) is 10.1. The summed E-state index contributed by atoms with van der Waals surface area (Å²) in [6, 6.07) is 0. The van der Waals surface area contributed by atoms with Gasteiger partial charge < -0.3 is 9.84 Å². The largest absolute Gasteiger partial charge is 0.543 e. The molecule has 0 aromatic carbocycles. The van der Waals surface area contributed by atoms with Gasteiger partial charge >= 0.3 is 13.9 Å². The van der Waals surface area contributed by atoms with Crippen LogP contribution in [0.15, 0.2) is 0 Å². The van der Waals surface area contributed by atoms with Crippen LogP contribution in [0.5, 0.6) is 0 Å². The maximum atomic E-state index is 12.1. The molecule has 2 heterocycles. The molecule has 0 amide bonds. The monoisotopic (exact) mass is 301 g/mol. The van der Waals surface area contributed by atoms with Crippen LogP contribution >= 0.6 is 8.03 Å². The minimum atomic E-state index is -2.03. The number of ether oxygens (including phenoxy) is 1. The van der Waals surface area contributed by atoms with E-state index >= 15 is 0 Å². The van der Waals surface area contributed by atoms with Crippen molar-refractivity contribution in [3.8, 4) is 0 Å². The third-order valence-corrected chi connectivity index (χ3v) is 6.41. The van der Waals surface area contributed by atoms with Crippen molar-refractivity contribution in [2.24, 2.45) is 17.3 Å². The van der Waals surface area contributed by atoms with Gasteiger partial charge in [0.15, 0.2) is 0 Å². The van der Waals surface area contributed by atoms with Crippen LogP contribution in [0.3, 0.4) is 0 Å². The topological polar surface area (TPSA) is 55.8 Å². The maximum Gasteiger partial charge on any atom is 0.543 e. The molecule has 0 bridgehead atoms. The van der Waals surface area contributed by atoms with E-state index in [-0.39, 0.29) is 23.7 Å². The molecule has 3 fully saturated rings. The lowest BCUT2D eigenvalue weighted by Crippen LogP contribution is -2.44. The highest BCUT2D eigenvalue weighted by molar-refractivity contribution is 7.39. The van der Waals surface area contributed by atoms with E-state index in [0.717, 1.165) is 19.3 Å². The number of aliphatic hydroxyl groups excluding tert-OH is 1. The summed E-state index contributed by atoms with van der Waals surface area (Å²) in [7, 11) is -2.03. The first kappa shape index (κ1) is 14.9. The molecular formula is C15H26O4P+. The van der Waals surface area contributed by atoms with Gasteiger partial charge in [-0.05, 0) is 55.4 Å². The molecule has 5 heteroatoms. The van der Waals surface area contributed by atoms with Crippen LogP contribution < -0.4 is 0 Å². The van der Waals surface area contributed by atoms with E-state index in [0.29, 0.717) is 11.3 Å². The van der Waals surface area contributed by atoms with Crippen LogP contribution in [0.1, 0.15) is 53.4 Å². The van der Waals surface area contributed by atoms with E-state index in [2.05, 4.69) is 13.8 Å². The standard InChI is InChI=1S/C15H26O4P/c1-14(2)6-5-9(7-14)11-10-8-15(3,4)18-12(10)13(16)20(17)19-11/h9-13,16H,5-8H2,1-4H3/q+1. The van der Waals surface area contributed by atoms with Gasteiger partial charge in [0, 0.05) is 5.92 Å².